The average Bonchev–Trinajstić information content (AvgIpc) is 3.19. The van der Waals surface area contributed by atoms with E-state index in [0.717, 1.165) is 24.3 Å². The summed E-state index contributed by atoms with van der Waals surface area (Å²) in [6.07, 6.45) is 5.78. The monoisotopic (exact) mass is 340 g/mol. The van der Waals surface area contributed by atoms with Crippen molar-refractivity contribution in [1.29, 1.82) is 0 Å². The predicted molar refractivity (Wildman–Crippen MR) is 89.6 cm³/mol. The summed E-state index contributed by atoms with van der Waals surface area (Å²) < 4.78 is 1.81. The predicted octanol–water partition coefficient (Wildman–Crippen LogP) is 2.31. The van der Waals surface area contributed by atoms with Crippen LogP contribution in [0.1, 0.15) is 29.5 Å². The van der Waals surface area contributed by atoms with Crippen molar-refractivity contribution in [3.63, 3.8) is 0 Å². The van der Waals surface area contributed by atoms with Crippen molar-refractivity contribution in [3.05, 3.63) is 53.3 Å². The van der Waals surface area contributed by atoms with E-state index in [4.69, 9.17) is 0 Å². The Morgan fingerprint density at radius 1 is 1.25 bits per heavy atom. The quantitative estimate of drug-likeness (QED) is 0.770. The van der Waals surface area contributed by atoms with E-state index < -0.39 is 0 Å². The zero-order valence-corrected chi connectivity index (χ0v) is 13.7. The Kier molecular flexibility index (Phi) is 4.04. The Morgan fingerprint density at radius 2 is 2.08 bits per heavy atom. The maximum Gasteiger partial charge on any atom is 0.229 e. The van der Waals surface area contributed by atoms with Crippen molar-refractivity contribution >= 4 is 22.4 Å². The van der Waals surface area contributed by atoms with Gasteiger partial charge in [-0.25, -0.2) is 4.68 Å². The Labute approximate surface area is 142 Å². The number of benzene rings is 1. The Balaban J connectivity index is 1.31. The highest BCUT2D eigenvalue weighted by Gasteiger charge is 2.36. The molecule has 24 heavy (non-hydrogen) atoms. The van der Waals surface area contributed by atoms with Gasteiger partial charge in [0.25, 0.3) is 0 Å². The Morgan fingerprint density at radius 3 is 2.83 bits per heavy atom. The van der Waals surface area contributed by atoms with Gasteiger partial charge in [0.1, 0.15) is 5.01 Å². The maximum atomic E-state index is 12.3. The summed E-state index contributed by atoms with van der Waals surface area (Å²) in [7, 11) is 0. The number of aromatic nitrogens is 5. The lowest BCUT2D eigenvalue weighted by Crippen LogP contribution is -2.36. The van der Waals surface area contributed by atoms with E-state index in [1.807, 2.05) is 29.1 Å². The molecular weight excluding hydrogens is 324 g/mol. The normalized spacial score (nSPS) is 19.7. The average molecular weight is 340 g/mol. The van der Waals surface area contributed by atoms with Gasteiger partial charge in [-0.2, -0.15) is 0 Å². The lowest BCUT2D eigenvalue weighted by Gasteiger charge is -2.33. The fourth-order valence-corrected chi connectivity index (χ4v) is 3.56. The van der Waals surface area contributed by atoms with Crippen molar-refractivity contribution in [2.45, 2.75) is 25.3 Å². The number of hydrogen-bond acceptors (Lipinski definition) is 6. The fraction of sp³-hybridized carbons (Fsp3) is 0.312. The smallest absolute Gasteiger partial charge is 0.229 e. The molecule has 1 saturated carbocycles. The third kappa shape index (κ3) is 3.18. The van der Waals surface area contributed by atoms with Crippen LogP contribution in [0.25, 0.3) is 0 Å². The molecule has 4 rings (SSSR count). The van der Waals surface area contributed by atoms with E-state index in [-0.39, 0.29) is 17.9 Å². The first kappa shape index (κ1) is 14.9. The summed E-state index contributed by atoms with van der Waals surface area (Å²) in [6, 6.07) is 10.4. The molecule has 1 fully saturated rings. The minimum absolute atomic E-state index is 0.000623. The number of hydrogen-bond donors (Lipinski definition) is 1. The second-order valence-electron chi connectivity index (χ2n) is 5.86. The largest absolute Gasteiger partial charge is 0.300 e. The third-order valence-corrected chi connectivity index (χ3v) is 5.03. The van der Waals surface area contributed by atoms with Crippen LogP contribution in [-0.4, -0.2) is 31.1 Å². The minimum Gasteiger partial charge on any atom is -0.300 e. The molecule has 0 spiro atoms. The number of nitrogens with zero attached hydrogens (tertiary/aromatic N) is 5. The molecule has 0 bridgehead atoms. The summed E-state index contributed by atoms with van der Waals surface area (Å²) in [5.41, 5.74) is 1.18. The summed E-state index contributed by atoms with van der Waals surface area (Å²) in [5, 5.41) is 20.3. The van der Waals surface area contributed by atoms with E-state index in [9.17, 15) is 4.79 Å². The molecule has 8 heteroatoms. The van der Waals surface area contributed by atoms with Crippen molar-refractivity contribution < 1.29 is 4.79 Å². The highest BCUT2D eigenvalue weighted by molar-refractivity contribution is 7.15. The van der Waals surface area contributed by atoms with Crippen molar-refractivity contribution in [2.24, 2.45) is 5.92 Å². The van der Waals surface area contributed by atoms with Gasteiger partial charge in [-0.3, -0.25) is 4.79 Å². The standard InChI is InChI=1S/C16H16N6OS/c23-15(12-9-13(10-12)22-7-6-17-21-22)18-16-20-19-14(24-16)8-11-4-2-1-3-5-11/h1-7,12-13H,8-10H2,(H,18,20,23). The maximum absolute atomic E-state index is 12.3. The molecule has 1 amide bonds. The van der Waals surface area contributed by atoms with E-state index in [1.54, 1.807) is 6.20 Å². The van der Waals surface area contributed by atoms with Crippen LogP contribution < -0.4 is 5.32 Å². The fourth-order valence-electron chi connectivity index (χ4n) is 2.78. The zero-order valence-electron chi connectivity index (χ0n) is 12.9. The Bertz CT molecular complexity index is 810. The molecule has 1 aliphatic carbocycles. The van der Waals surface area contributed by atoms with Gasteiger partial charge in [0.15, 0.2) is 0 Å². The molecule has 0 aliphatic heterocycles. The lowest BCUT2D eigenvalue weighted by atomic mass is 9.80. The summed E-state index contributed by atoms with van der Waals surface area (Å²) in [5.74, 6) is 0.00875. The molecule has 1 N–H and O–H groups in total. The number of carbonyl (C=O) groups excluding carboxylic acids is 1. The van der Waals surface area contributed by atoms with Gasteiger partial charge in [0.05, 0.1) is 12.2 Å². The molecule has 7 nitrogen and oxygen atoms in total. The minimum atomic E-state index is 0.000623. The second-order valence-corrected chi connectivity index (χ2v) is 6.92. The van der Waals surface area contributed by atoms with Gasteiger partial charge in [-0.05, 0) is 18.4 Å². The number of carbonyl (C=O) groups is 1. The van der Waals surface area contributed by atoms with Crippen LogP contribution in [0.5, 0.6) is 0 Å². The van der Waals surface area contributed by atoms with Gasteiger partial charge >= 0.3 is 0 Å². The molecule has 3 aromatic rings. The van der Waals surface area contributed by atoms with Crippen molar-refractivity contribution in [3.8, 4) is 0 Å². The molecule has 2 aromatic heterocycles. The van der Waals surface area contributed by atoms with Crippen LogP contribution in [0.2, 0.25) is 0 Å². The summed E-state index contributed by atoms with van der Waals surface area (Å²) in [4.78, 5) is 12.3. The molecule has 2 heterocycles. The van der Waals surface area contributed by atoms with Gasteiger partial charge < -0.3 is 5.32 Å². The van der Waals surface area contributed by atoms with Gasteiger partial charge in [0.2, 0.25) is 11.0 Å². The number of amides is 1. The van der Waals surface area contributed by atoms with Crippen molar-refractivity contribution in [2.75, 3.05) is 5.32 Å². The van der Waals surface area contributed by atoms with Gasteiger partial charge in [-0.1, -0.05) is 46.9 Å². The van der Waals surface area contributed by atoms with Crippen LogP contribution >= 0.6 is 11.3 Å². The van der Waals surface area contributed by atoms with E-state index >= 15 is 0 Å². The molecule has 1 aromatic carbocycles. The van der Waals surface area contributed by atoms with Crippen LogP contribution in [0.15, 0.2) is 42.7 Å². The molecule has 0 unspecified atom stereocenters. The first-order chi connectivity index (χ1) is 11.8. The highest BCUT2D eigenvalue weighted by Crippen LogP contribution is 2.37. The molecule has 0 saturated heterocycles. The number of nitrogens with one attached hydrogen (secondary N) is 1. The number of anilines is 1. The third-order valence-electron chi connectivity index (χ3n) is 4.19. The summed E-state index contributed by atoms with van der Waals surface area (Å²) >= 11 is 1.42. The van der Waals surface area contributed by atoms with Crippen LogP contribution in [0.4, 0.5) is 5.13 Å². The Hall–Kier alpha value is -2.61. The van der Waals surface area contributed by atoms with E-state index in [1.165, 1.54) is 16.9 Å². The lowest BCUT2D eigenvalue weighted by molar-refractivity contribution is -0.123. The zero-order chi connectivity index (χ0) is 16.4. The van der Waals surface area contributed by atoms with Gasteiger partial charge in [0, 0.05) is 18.5 Å². The van der Waals surface area contributed by atoms with Crippen LogP contribution in [0.3, 0.4) is 0 Å². The van der Waals surface area contributed by atoms with Crippen LogP contribution in [0, 0.1) is 5.92 Å². The highest BCUT2D eigenvalue weighted by atomic mass is 32.1. The topological polar surface area (TPSA) is 85.6 Å². The first-order valence-electron chi connectivity index (χ1n) is 7.81. The molecule has 0 radical (unpaired) electrons. The number of rotatable bonds is 5. The molecular formula is C16H16N6OS. The van der Waals surface area contributed by atoms with E-state index in [0.29, 0.717) is 5.13 Å². The van der Waals surface area contributed by atoms with Crippen molar-refractivity contribution in [1.82, 2.24) is 25.2 Å². The van der Waals surface area contributed by atoms with Gasteiger partial charge in [-0.15, -0.1) is 15.3 Å². The van der Waals surface area contributed by atoms with E-state index in [2.05, 4.69) is 38.0 Å². The SMILES string of the molecule is O=C(Nc1nnc(Cc2ccccc2)s1)C1CC(n2ccnn2)C1. The summed E-state index contributed by atoms with van der Waals surface area (Å²) in [6.45, 7) is 0. The van der Waals surface area contributed by atoms with Crippen LogP contribution in [-0.2, 0) is 11.2 Å². The molecule has 0 atom stereocenters. The molecule has 1 aliphatic rings. The first-order valence-corrected chi connectivity index (χ1v) is 8.62. The second kappa shape index (κ2) is 6.48. The molecule has 122 valence electrons.